The summed E-state index contributed by atoms with van der Waals surface area (Å²) in [5, 5.41) is 9.77. The Morgan fingerprint density at radius 3 is 2.09 bits per heavy atom. The second kappa shape index (κ2) is 11.1. The molecular formula is C24H29N3O7S. The molecule has 1 atom stereocenters. The Morgan fingerprint density at radius 1 is 0.914 bits per heavy atom. The van der Waals surface area contributed by atoms with Gasteiger partial charge < -0.3 is 24.4 Å². The lowest BCUT2D eigenvalue weighted by Crippen LogP contribution is -2.53. The normalized spacial score (nSPS) is 18.2. The Bertz CT molecular complexity index is 1110. The number of hydrogen-bond donors (Lipinski definition) is 2. The number of nitrogens with zero attached hydrogens (tertiary/aromatic N) is 2. The first-order chi connectivity index (χ1) is 16.8. The zero-order valence-electron chi connectivity index (χ0n) is 19.2. The van der Waals surface area contributed by atoms with Crippen LogP contribution in [0.3, 0.4) is 0 Å². The van der Waals surface area contributed by atoms with Crippen molar-refractivity contribution in [3.8, 4) is 11.5 Å². The maximum atomic E-state index is 12.9. The summed E-state index contributed by atoms with van der Waals surface area (Å²) in [5.74, 6) is -0.597. The third-order valence-corrected chi connectivity index (χ3v) is 7.68. The van der Waals surface area contributed by atoms with Crippen LogP contribution in [0.5, 0.6) is 11.5 Å². The summed E-state index contributed by atoms with van der Waals surface area (Å²) < 4.78 is 39.2. The van der Waals surface area contributed by atoms with E-state index in [0.717, 1.165) is 0 Å². The predicted molar refractivity (Wildman–Crippen MR) is 127 cm³/mol. The number of nitrogens with one attached hydrogen (secondary N) is 1. The van der Waals surface area contributed by atoms with Gasteiger partial charge >= 0.3 is 12.0 Å². The van der Waals surface area contributed by atoms with Crippen molar-refractivity contribution in [1.29, 1.82) is 0 Å². The first kappa shape index (κ1) is 25.0. The van der Waals surface area contributed by atoms with E-state index in [1.54, 1.807) is 21.9 Å². The van der Waals surface area contributed by atoms with Crippen molar-refractivity contribution in [1.82, 2.24) is 14.5 Å². The van der Waals surface area contributed by atoms with Gasteiger partial charge in [-0.3, -0.25) is 4.79 Å². The monoisotopic (exact) mass is 503 g/mol. The third kappa shape index (κ3) is 6.30. The Balaban J connectivity index is 1.37. The third-order valence-electron chi connectivity index (χ3n) is 6.22. The Labute approximate surface area is 204 Å². The van der Waals surface area contributed by atoms with E-state index in [-0.39, 0.29) is 10.9 Å². The Hall–Kier alpha value is -3.15. The number of likely N-dealkylation sites (tertiary alicyclic amines) is 1. The molecule has 2 N–H and O–H groups in total. The van der Waals surface area contributed by atoms with Crippen molar-refractivity contribution >= 4 is 22.0 Å². The number of piperidine rings is 1. The first-order valence-electron chi connectivity index (χ1n) is 11.5. The number of sulfonamides is 1. The summed E-state index contributed by atoms with van der Waals surface area (Å²) in [6.45, 7) is 2.82. The van der Waals surface area contributed by atoms with Gasteiger partial charge in [0.25, 0.3) is 0 Å². The zero-order valence-corrected chi connectivity index (χ0v) is 20.0. The molecule has 10 nitrogen and oxygen atoms in total. The van der Waals surface area contributed by atoms with Crippen LogP contribution in [0.2, 0.25) is 0 Å². The van der Waals surface area contributed by atoms with E-state index in [1.807, 2.05) is 18.2 Å². The van der Waals surface area contributed by atoms with Gasteiger partial charge in [0.1, 0.15) is 17.5 Å². The second-order valence-electron chi connectivity index (χ2n) is 8.53. The molecule has 2 saturated heterocycles. The molecule has 2 aromatic rings. The predicted octanol–water partition coefficient (Wildman–Crippen LogP) is 2.37. The van der Waals surface area contributed by atoms with E-state index in [9.17, 15) is 23.1 Å². The summed E-state index contributed by atoms with van der Waals surface area (Å²) in [6, 6.07) is 13.5. The molecule has 2 aliphatic heterocycles. The first-order valence-corrected chi connectivity index (χ1v) is 13.0. The van der Waals surface area contributed by atoms with Crippen LogP contribution in [0.1, 0.15) is 12.8 Å². The van der Waals surface area contributed by atoms with Crippen LogP contribution in [-0.4, -0.2) is 80.8 Å². The highest BCUT2D eigenvalue weighted by molar-refractivity contribution is 7.89. The largest absolute Gasteiger partial charge is 0.480 e. The van der Waals surface area contributed by atoms with Gasteiger partial charge in [-0.15, -0.1) is 0 Å². The lowest BCUT2D eigenvalue weighted by Gasteiger charge is -2.38. The standard InChI is InChI=1S/C24H29N3O7S/c28-23(29)22(18-10-12-26(13-11-18)24(30)27-14-16-33-17-15-27)25-35(31,32)21-8-6-20(7-9-21)34-19-4-2-1-3-5-19/h1-9,18,22,25H,10-17H2,(H,28,29). The van der Waals surface area contributed by atoms with Crippen molar-refractivity contribution in [3.63, 3.8) is 0 Å². The molecule has 11 heteroatoms. The van der Waals surface area contributed by atoms with Gasteiger partial charge in [-0.1, -0.05) is 18.2 Å². The molecule has 2 fully saturated rings. The number of urea groups is 1. The number of rotatable bonds is 7. The van der Waals surface area contributed by atoms with Crippen LogP contribution in [0.4, 0.5) is 4.79 Å². The van der Waals surface area contributed by atoms with Gasteiger partial charge in [-0.05, 0) is 55.2 Å². The van der Waals surface area contributed by atoms with Crippen molar-refractivity contribution in [2.45, 2.75) is 23.8 Å². The summed E-state index contributed by atoms with van der Waals surface area (Å²) in [4.78, 5) is 28.0. The maximum absolute atomic E-state index is 12.9. The molecule has 0 saturated carbocycles. The van der Waals surface area contributed by atoms with Crippen LogP contribution < -0.4 is 9.46 Å². The minimum atomic E-state index is -4.08. The van der Waals surface area contributed by atoms with Gasteiger partial charge in [-0.25, -0.2) is 13.2 Å². The average Bonchev–Trinajstić information content (AvgIpc) is 2.88. The summed E-state index contributed by atoms with van der Waals surface area (Å²) in [6.07, 6.45) is 0.777. The molecule has 0 spiro atoms. The van der Waals surface area contributed by atoms with E-state index >= 15 is 0 Å². The van der Waals surface area contributed by atoms with E-state index in [1.165, 1.54) is 24.3 Å². The molecule has 2 aliphatic rings. The number of morpholine rings is 1. The number of hydrogen-bond acceptors (Lipinski definition) is 6. The second-order valence-corrected chi connectivity index (χ2v) is 10.2. The lowest BCUT2D eigenvalue weighted by atomic mass is 9.90. The van der Waals surface area contributed by atoms with Crippen molar-refractivity contribution in [3.05, 3.63) is 54.6 Å². The number of aliphatic carboxylic acids is 1. The molecule has 35 heavy (non-hydrogen) atoms. The fraction of sp³-hybridized carbons (Fsp3) is 0.417. The topological polar surface area (TPSA) is 125 Å². The maximum Gasteiger partial charge on any atom is 0.322 e. The Kier molecular flexibility index (Phi) is 7.89. The number of ether oxygens (including phenoxy) is 2. The summed E-state index contributed by atoms with van der Waals surface area (Å²) in [5.41, 5.74) is 0. The average molecular weight is 504 g/mol. The highest BCUT2D eigenvalue weighted by atomic mass is 32.2. The van der Waals surface area contributed by atoms with Crippen molar-refractivity contribution in [2.24, 2.45) is 5.92 Å². The number of carboxylic acids is 1. The minimum absolute atomic E-state index is 0.0518. The van der Waals surface area contributed by atoms with Crippen molar-refractivity contribution < 1.29 is 32.6 Å². The van der Waals surface area contributed by atoms with Gasteiger partial charge in [-0.2, -0.15) is 4.72 Å². The van der Waals surface area contributed by atoms with Crippen LogP contribution >= 0.6 is 0 Å². The van der Waals surface area contributed by atoms with Gasteiger partial charge in [0.05, 0.1) is 18.1 Å². The molecule has 188 valence electrons. The zero-order chi connectivity index (χ0) is 24.8. The van der Waals surface area contributed by atoms with E-state index in [0.29, 0.717) is 63.7 Å². The lowest BCUT2D eigenvalue weighted by molar-refractivity contribution is -0.140. The minimum Gasteiger partial charge on any atom is -0.480 e. The molecule has 0 aliphatic carbocycles. The highest BCUT2D eigenvalue weighted by Crippen LogP contribution is 2.25. The molecule has 2 amide bonds. The number of para-hydroxylation sites is 1. The highest BCUT2D eigenvalue weighted by Gasteiger charge is 2.36. The fourth-order valence-electron chi connectivity index (χ4n) is 4.27. The number of amides is 2. The van der Waals surface area contributed by atoms with Crippen LogP contribution in [0, 0.1) is 5.92 Å². The van der Waals surface area contributed by atoms with Crippen LogP contribution in [0.15, 0.2) is 59.5 Å². The molecule has 0 aromatic heterocycles. The molecule has 1 unspecified atom stereocenters. The van der Waals surface area contributed by atoms with E-state index < -0.39 is 28.0 Å². The van der Waals surface area contributed by atoms with Crippen molar-refractivity contribution in [2.75, 3.05) is 39.4 Å². The quantitative estimate of drug-likeness (QED) is 0.594. The number of benzene rings is 2. The summed E-state index contributed by atoms with van der Waals surface area (Å²) >= 11 is 0. The molecule has 4 rings (SSSR count). The van der Waals surface area contributed by atoms with Gasteiger partial charge in [0.2, 0.25) is 10.0 Å². The molecule has 2 aromatic carbocycles. The number of carbonyl (C=O) groups is 2. The number of carbonyl (C=O) groups excluding carboxylic acids is 1. The van der Waals surface area contributed by atoms with Gasteiger partial charge in [0.15, 0.2) is 0 Å². The molecule has 2 heterocycles. The smallest absolute Gasteiger partial charge is 0.322 e. The van der Waals surface area contributed by atoms with Crippen LogP contribution in [-0.2, 0) is 19.6 Å². The molecular weight excluding hydrogens is 474 g/mol. The SMILES string of the molecule is O=C(O)C(NS(=O)(=O)c1ccc(Oc2ccccc2)cc1)C1CCN(C(=O)N2CCOCC2)CC1. The molecule has 0 bridgehead atoms. The number of carboxylic acid groups (broad SMARTS) is 1. The Morgan fingerprint density at radius 2 is 1.49 bits per heavy atom. The summed E-state index contributed by atoms with van der Waals surface area (Å²) in [7, 11) is -4.08. The van der Waals surface area contributed by atoms with E-state index in [4.69, 9.17) is 9.47 Å². The van der Waals surface area contributed by atoms with Crippen LogP contribution in [0.25, 0.3) is 0 Å². The van der Waals surface area contributed by atoms with E-state index in [2.05, 4.69) is 4.72 Å². The fourth-order valence-corrected chi connectivity index (χ4v) is 5.53. The van der Waals surface area contributed by atoms with Gasteiger partial charge in [0, 0.05) is 26.2 Å². The molecule has 0 radical (unpaired) electrons.